The lowest BCUT2D eigenvalue weighted by molar-refractivity contribution is 0.347. The van der Waals surface area contributed by atoms with Gasteiger partial charge in [-0.25, -0.2) is 4.99 Å². The highest BCUT2D eigenvalue weighted by molar-refractivity contribution is 8.14. The van der Waals surface area contributed by atoms with Crippen molar-refractivity contribution in [1.82, 2.24) is 9.78 Å². The number of thioether (sulfide) groups is 1. The fourth-order valence-corrected chi connectivity index (χ4v) is 4.18. The summed E-state index contributed by atoms with van der Waals surface area (Å²) < 4.78 is 18.2. The average Bonchev–Trinajstić information content (AvgIpc) is 2.96. The zero-order valence-electron chi connectivity index (χ0n) is 15.7. The van der Waals surface area contributed by atoms with E-state index in [1.54, 1.807) is 32.1 Å². The van der Waals surface area contributed by atoms with E-state index in [1.807, 2.05) is 26.8 Å². The molecule has 0 radical (unpaired) electrons. The summed E-state index contributed by atoms with van der Waals surface area (Å²) in [5.41, 5.74) is 1.33. The van der Waals surface area contributed by atoms with E-state index in [0.29, 0.717) is 28.6 Å². The predicted molar refractivity (Wildman–Crippen MR) is 104 cm³/mol. The van der Waals surface area contributed by atoms with Gasteiger partial charge in [-0.05, 0) is 26.8 Å². The molecular formula is C18H23N3O4S. The lowest BCUT2D eigenvalue weighted by Crippen LogP contribution is -2.14. The Kier molecular flexibility index (Phi) is 5.04. The first-order valence-electron chi connectivity index (χ1n) is 8.27. The highest BCUT2D eigenvalue weighted by Crippen LogP contribution is 2.49. The van der Waals surface area contributed by atoms with Crippen LogP contribution in [0.15, 0.2) is 21.9 Å². The quantitative estimate of drug-likeness (QED) is 0.860. The van der Waals surface area contributed by atoms with E-state index in [4.69, 9.17) is 14.2 Å². The molecule has 26 heavy (non-hydrogen) atoms. The SMILES string of the molecule is COc1cc(OC)c([C@H]2SC(C)=Nc3c2c(=O)[nH]n3C(C)C)cc1OC. The van der Waals surface area contributed by atoms with Gasteiger partial charge in [0.05, 0.1) is 37.2 Å². The number of fused-ring (bicyclic) bond motifs is 1. The van der Waals surface area contributed by atoms with Gasteiger partial charge in [-0.15, -0.1) is 0 Å². The molecule has 7 nitrogen and oxygen atoms in total. The summed E-state index contributed by atoms with van der Waals surface area (Å²) in [7, 11) is 4.76. The minimum absolute atomic E-state index is 0.0963. The first-order valence-corrected chi connectivity index (χ1v) is 9.15. The summed E-state index contributed by atoms with van der Waals surface area (Å²) in [4.78, 5) is 17.3. The molecule has 1 N–H and O–H groups in total. The first kappa shape index (κ1) is 18.4. The number of benzene rings is 1. The third-order valence-electron chi connectivity index (χ3n) is 4.28. The summed E-state index contributed by atoms with van der Waals surface area (Å²) in [5, 5.41) is 3.54. The minimum atomic E-state index is -0.249. The number of rotatable bonds is 5. The largest absolute Gasteiger partial charge is 0.496 e. The number of aromatic nitrogens is 2. The Morgan fingerprint density at radius 1 is 1.12 bits per heavy atom. The van der Waals surface area contributed by atoms with Gasteiger partial charge < -0.3 is 14.2 Å². The van der Waals surface area contributed by atoms with Gasteiger partial charge in [-0.2, -0.15) is 0 Å². The molecule has 140 valence electrons. The van der Waals surface area contributed by atoms with Gasteiger partial charge in [0.1, 0.15) is 5.75 Å². The van der Waals surface area contributed by atoms with Crippen LogP contribution in [0, 0.1) is 0 Å². The average molecular weight is 377 g/mol. The van der Waals surface area contributed by atoms with Gasteiger partial charge in [-0.3, -0.25) is 14.6 Å². The Bertz CT molecular complexity index is 914. The molecule has 1 aliphatic heterocycles. The number of nitrogens with one attached hydrogen (secondary N) is 1. The molecule has 1 aromatic carbocycles. The third-order valence-corrected chi connectivity index (χ3v) is 5.44. The lowest BCUT2D eigenvalue weighted by Gasteiger charge is -2.24. The molecule has 8 heteroatoms. The van der Waals surface area contributed by atoms with Crippen LogP contribution in [-0.2, 0) is 0 Å². The fourth-order valence-electron chi connectivity index (χ4n) is 3.06. The molecular weight excluding hydrogens is 354 g/mol. The molecule has 0 bridgehead atoms. The Morgan fingerprint density at radius 2 is 1.73 bits per heavy atom. The van der Waals surface area contributed by atoms with Crippen LogP contribution < -0.4 is 19.8 Å². The Morgan fingerprint density at radius 3 is 2.31 bits per heavy atom. The second-order valence-corrected chi connectivity index (χ2v) is 7.52. The first-order chi connectivity index (χ1) is 12.4. The Balaban J connectivity index is 2.24. The van der Waals surface area contributed by atoms with E-state index in [0.717, 1.165) is 10.6 Å². The van der Waals surface area contributed by atoms with Crippen molar-refractivity contribution < 1.29 is 14.2 Å². The molecule has 0 unspecified atom stereocenters. The van der Waals surface area contributed by atoms with E-state index >= 15 is 0 Å². The maximum absolute atomic E-state index is 12.7. The number of aliphatic imine (C=N–C) groups is 1. The van der Waals surface area contributed by atoms with Crippen molar-refractivity contribution in [3.05, 3.63) is 33.6 Å². The van der Waals surface area contributed by atoms with Crippen LogP contribution in [0.2, 0.25) is 0 Å². The number of methoxy groups -OCH3 is 3. The van der Waals surface area contributed by atoms with Gasteiger partial charge in [0.15, 0.2) is 17.3 Å². The number of nitrogens with zero attached hydrogens (tertiary/aromatic N) is 2. The molecule has 1 atom stereocenters. The second-order valence-electron chi connectivity index (χ2n) is 6.22. The van der Waals surface area contributed by atoms with Crippen LogP contribution in [0.25, 0.3) is 0 Å². The highest BCUT2D eigenvalue weighted by atomic mass is 32.2. The van der Waals surface area contributed by atoms with Crippen molar-refractivity contribution >= 4 is 22.6 Å². The standard InChI is InChI=1S/C18H23N3O4S/c1-9(2)21-17-15(18(22)20-21)16(26-10(3)19-17)11-7-13(24-5)14(25-6)8-12(11)23-4/h7-9,16H,1-6H3,(H,20,22)/t16-/m1/s1. The predicted octanol–water partition coefficient (Wildman–Crippen LogP) is 3.67. The van der Waals surface area contributed by atoms with Crippen LogP contribution in [0.1, 0.15) is 43.2 Å². The number of ether oxygens (including phenoxy) is 3. The molecule has 1 aromatic heterocycles. The Labute approximate surface area is 156 Å². The summed E-state index contributed by atoms with van der Waals surface area (Å²) >= 11 is 1.52. The Hall–Kier alpha value is -2.35. The van der Waals surface area contributed by atoms with E-state index in [1.165, 1.54) is 11.8 Å². The summed E-state index contributed by atoms with van der Waals surface area (Å²) in [6, 6.07) is 3.74. The summed E-state index contributed by atoms with van der Waals surface area (Å²) in [6.07, 6.45) is 0. The smallest absolute Gasteiger partial charge is 0.271 e. The molecule has 0 aliphatic carbocycles. The van der Waals surface area contributed by atoms with E-state index in [2.05, 4.69) is 10.1 Å². The number of hydrogen-bond donors (Lipinski definition) is 1. The van der Waals surface area contributed by atoms with Gasteiger partial charge in [0, 0.05) is 17.7 Å². The van der Waals surface area contributed by atoms with Crippen LogP contribution >= 0.6 is 11.8 Å². The van der Waals surface area contributed by atoms with Crippen LogP contribution in [0.3, 0.4) is 0 Å². The molecule has 0 saturated heterocycles. The lowest BCUT2D eigenvalue weighted by atomic mass is 10.0. The van der Waals surface area contributed by atoms with Gasteiger partial charge in [0.2, 0.25) is 0 Å². The summed E-state index contributed by atoms with van der Waals surface area (Å²) in [6.45, 7) is 5.96. The molecule has 0 amide bonds. The molecule has 0 spiro atoms. The van der Waals surface area contributed by atoms with Crippen molar-refractivity contribution in [3.63, 3.8) is 0 Å². The molecule has 3 rings (SSSR count). The van der Waals surface area contributed by atoms with Crippen molar-refractivity contribution in [2.24, 2.45) is 4.99 Å². The third kappa shape index (κ3) is 2.98. The molecule has 2 heterocycles. The maximum Gasteiger partial charge on any atom is 0.271 e. The van der Waals surface area contributed by atoms with Gasteiger partial charge in [0.25, 0.3) is 5.56 Å². The molecule has 1 aliphatic rings. The minimum Gasteiger partial charge on any atom is -0.496 e. The van der Waals surface area contributed by atoms with Crippen molar-refractivity contribution in [1.29, 1.82) is 0 Å². The van der Waals surface area contributed by atoms with Crippen LogP contribution in [-0.4, -0.2) is 36.2 Å². The topological polar surface area (TPSA) is 77.8 Å². The second kappa shape index (κ2) is 7.11. The van der Waals surface area contributed by atoms with Crippen molar-refractivity contribution in [2.45, 2.75) is 32.1 Å². The zero-order chi connectivity index (χ0) is 19.0. The number of hydrogen-bond acceptors (Lipinski definition) is 6. The fraction of sp³-hybridized carbons (Fsp3) is 0.444. The highest BCUT2D eigenvalue weighted by Gasteiger charge is 2.33. The zero-order valence-corrected chi connectivity index (χ0v) is 16.6. The maximum atomic E-state index is 12.7. The van der Waals surface area contributed by atoms with E-state index in [-0.39, 0.29) is 16.9 Å². The van der Waals surface area contributed by atoms with Crippen molar-refractivity contribution in [2.75, 3.05) is 21.3 Å². The molecule has 0 saturated carbocycles. The molecule has 0 fully saturated rings. The van der Waals surface area contributed by atoms with Crippen LogP contribution in [0.4, 0.5) is 5.82 Å². The monoisotopic (exact) mass is 377 g/mol. The van der Waals surface area contributed by atoms with Crippen LogP contribution in [0.5, 0.6) is 17.2 Å². The van der Waals surface area contributed by atoms with Gasteiger partial charge in [-0.1, -0.05) is 11.8 Å². The number of aromatic amines is 1. The van der Waals surface area contributed by atoms with E-state index < -0.39 is 0 Å². The van der Waals surface area contributed by atoms with Crippen molar-refractivity contribution in [3.8, 4) is 17.2 Å². The normalized spacial score (nSPS) is 16.3. The number of H-pyrrole nitrogens is 1. The molecule has 2 aromatic rings. The van der Waals surface area contributed by atoms with E-state index in [9.17, 15) is 4.79 Å². The van der Waals surface area contributed by atoms with Gasteiger partial charge >= 0.3 is 0 Å². The summed E-state index contributed by atoms with van der Waals surface area (Å²) in [5.74, 6) is 2.47.